The van der Waals surface area contributed by atoms with E-state index in [0.29, 0.717) is 30.2 Å². The monoisotopic (exact) mass is 552 g/mol. The molecule has 1 amide bonds. The molecule has 28 heavy (non-hydrogen) atoms. The zero-order valence-electron chi connectivity index (χ0n) is 15.2. The Morgan fingerprint density at radius 2 is 2.04 bits per heavy atom. The maximum atomic E-state index is 12.5. The minimum atomic E-state index is -0.482. The quantitative estimate of drug-likeness (QED) is 0.201. The number of amides is 1. The molecule has 0 bridgehead atoms. The highest BCUT2D eigenvalue weighted by Gasteiger charge is 2.12. The molecule has 0 atom stereocenters. The van der Waals surface area contributed by atoms with Crippen molar-refractivity contribution < 1.29 is 14.3 Å². The van der Waals surface area contributed by atoms with Crippen LogP contribution in [0.25, 0.3) is 6.08 Å². The van der Waals surface area contributed by atoms with Gasteiger partial charge in [-0.3, -0.25) is 4.79 Å². The Hall–Kier alpha value is -2.31. The fourth-order valence-corrected chi connectivity index (χ4v) is 4.03. The summed E-state index contributed by atoms with van der Waals surface area (Å²) in [7, 11) is 0. The lowest BCUT2D eigenvalue weighted by Crippen LogP contribution is -2.13. The number of carbonyl (C=O) groups is 1. The summed E-state index contributed by atoms with van der Waals surface area (Å²) >= 11 is 5.60. The molecule has 0 saturated carbocycles. The third kappa shape index (κ3) is 6.11. The second kappa shape index (κ2) is 10.9. The fourth-order valence-electron chi connectivity index (χ4n) is 2.26. The average Bonchev–Trinajstić information content (AvgIpc) is 2.67. The van der Waals surface area contributed by atoms with E-state index in [4.69, 9.17) is 9.47 Å². The first-order valence-corrected chi connectivity index (χ1v) is 10.2. The Balaban J connectivity index is 2.19. The van der Waals surface area contributed by atoms with Crippen molar-refractivity contribution in [1.82, 2.24) is 0 Å². The standard InChI is InChI=1S/C21H18BrIN2O3/c1-3-9-28-20-18(22)11-14(12-19(20)23)10-15(13-24)21(26)25-16-5-7-17(8-6-16)27-4-2/h3,5-8,10-12H,1,4,9H2,2H3,(H,25,26)/b15-10-. The Labute approximate surface area is 186 Å². The van der Waals surface area contributed by atoms with Gasteiger partial charge in [0.25, 0.3) is 5.91 Å². The number of ether oxygens (including phenoxy) is 2. The number of rotatable bonds is 8. The van der Waals surface area contributed by atoms with Gasteiger partial charge in [0.1, 0.15) is 29.7 Å². The molecule has 0 aliphatic carbocycles. The molecule has 0 unspecified atom stereocenters. The van der Waals surface area contributed by atoms with Gasteiger partial charge in [-0.05, 0) is 93.5 Å². The van der Waals surface area contributed by atoms with Crippen molar-refractivity contribution in [2.75, 3.05) is 18.5 Å². The van der Waals surface area contributed by atoms with Crippen LogP contribution in [0.15, 0.2) is 59.1 Å². The second-order valence-corrected chi connectivity index (χ2v) is 7.51. The first kappa shape index (κ1) is 22.0. The average molecular weight is 553 g/mol. The topological polar surface area (TPSA) is 71.3 Å². The summed E-state index contributed by atoms with van der Waals surface area (Å²) in [5.41, 5.74) is 1.29. The zero-order valence-corrected chi connectivity index (χ0v) is 18.9. The number of nitriles is 1. The lowest BCUT2D eigenvalue weighted by atomic mass is 10.1. The molecule has 0 saturated heterocycles. The third-order valence-electron chi connectivity index (χ3n) is 3.47. The Morgan fingerprint density at radius 3 is 2.61 bits per heavy atom. The van der Waals surface area contributed by atoms with Crippen LogP contribution in [0, 0.1) is 14.9 Å². The molecule has 144 valence electrons. The van der Waals surface area contributed by atoms with E-state index in [0.717, 1.165) is 13.8 Å². The summed E-state index contributed by atoms with van der Waals surface area (Å²) in [6.07, 6.45) is 3.20. The lowest BCUT2D eigenvalue weighted by molar-refractivity contribution is -0.112. The highest BCUT2D eigenvalue weighted by molar-refractivity contribution is 14.1. The number of carbonyl (C=O) groups excluding carboxylic acids is 1. The fraction of sp³-hybridized carbons (Fsp3) is 0.143. The largest absolute Gasteiger partial charge is 0.494 e. The highest BCUT2D eigenvalue weighted by atomic mass is 127. The van der Waals surface area contributed by atoms with Crippen LogP contribution in [0.4, 0.5) is 5.69 Å². The predicted molar refractivity (Wildman–Crippen MR) is 122 cm³/mol. The summed E-state index contributed by atoms with van der Waals surface area (Å²) < 4.78 is 12.6. The molecule has 0 aliphatic rings. The summed E-state index contributed by atoms with van der Waals surface area (Å²) in [5.74, 6) is 0.925. The summed E-state index contributed by atoms with van der Waals surface area (Å²) in [6.45, 7) is 6.49. The van der Waals surface area contributed by atoms with Crippen LogP contribution in [-0.4, -0.2) is 19.1 Å². The van der Waals surface area contributed by atoms with Crippen molar-refractivity contribution >= 4 is 56.2 Å². The van der Waals surface area contributed by atoms with E-state index in [1.807, 2.05) is 19.1 Å². The normalized spacial score (nSPS) is 10.7. The third-order valence-corrected chi connectivity index (χ3v) is 4.86. The maximum Gasteiger partial charge on any atom is 0.266 e. The molecule has 7 heteroatoms. The van der Waals surface area contributed by atoms with E-state index in [2.05, 4.69) is 50.4 Å². The van der Waals surface area contributed by atoms with Gasteiger partial charge in [0.15, 0.2) is 0 Å². The Bertz CT molecular complexity index is 911. The molecular formula is C21H18BrIN2O3. The van der Waals surface area contributed by atoms with Gasteiger partial charge in [0.2, 0.25) is 0 Å². The van der Waals surface area contributed by atoms with Gasteiger partial charge in [0, 0.05) is 5.69 Å². The number of hydrogen-bond acceptors (Lipinski definition) is 4. The van der Waals surface area contributed by atoms with Crippen molar-refractivity contribution in [3.8, 4) is 17.6 Å². The molecule has 2 aromatic carbocycles. The van der Waals surface area contributed by atoms with Gasteiger partial charge >= 0.3 is 0 Å². The summed E-state index contributed by atoms with van der Waals surface area (Å²) in [4.78, 5) is 12.5. The molecule has 0 aliphatic heterocycles. The molecular weight excluding hydrogens is 535 g/mol. The van der Waals surface area contributed by atoms with Crippen LogP contribution < -0.4 is 14.8 Å². The maximum absolute atomic E-state index is 12.5. The van der Waals surface area contributed by atoms with E-state index < -0.39 is 5.91 Å². The molecule has 0 aromatic heterocycles. The lowest BCUT2D eigenvalue weighted by Gasteiger charge is -2.10. The zero-order chi connectivity index (χ0) is 20.5. The number of benzene rings is 2. The number of halogens is 2. The molecule has 0 fully saturated rings. The first-order valence-electron chi connectivity index (χ1n) is 8.37. The van der Waals surface area contributed by atoms with Gasteiger partial charge in [-0.1, -0.05) is 12.7 Å². The van der Waals surface area contributed by atoms with Crippen LogP contribution in [0.5, 0.6) is 11.5 Å². The van der Waals surface area contributed by atoms with Crippen LogP contribution in [0.1, 0.15) is 12.5 Å². The van der Waals surface area contributed by atoms with Gasteiger partial charge in [-0.2, -0.15) is 5.26 Å². The Morgan fingerprint density at radius 1 is 1.32 bits per heavy atom. The highest BCUT2D eigenvalue weighted by Crippen LogP contribution is 2.32. The van der Waals surface area contributed by atoms with Crippen molar-refractivity contribution in [3.63, 3.8) is 0 Å². The number of hydrogen-bond donors (Lipinski definition) is 1. The van der Waals surface area contributed by atoms with Crippen LogP contribution in [-0.2, 0) is 4.79 Å². The minimum absolute atomic E-state index is 0.00338. The van der Waals surface area contributed by atoms with Gasteiger partial charge in [-0.15, -0.1) is 0 Å². The predicted octanol–water partition coefficient (Wildman–Crippen LogP) is 5.56. The summed E-state index contributed by atoms with van der Waals surface area (Å²) in [6, 6.07) is 12.6. The van der Waals surface area contributed by atoms with Crippen molar-refractivity contribution in [2.24, 2.45) is 0 Å². The SMILES string of the molecule is C=CCOc1c(Br)cc(/C=C(/C#N)C(=O)Nc2ccc(OCC)cc2)cc1I. The first-order chi connectivity index (χ1) is 13.5. The van der Waals surface area contributed by atoms with Crippen molar-refractivity contribution in [2.45, 2.75) is 6.92 Å². The molecule has 2 rings (SSSR count). The number of nitrogens with one attached hydrogen (secondary N) is 1. The minimum Gasteiger partial charge on any atom is -0.494 e. The van der Waals surface area contributed by atoms with Crippen molar-refractivity contribution in [1.29, 1.82) is 5.26 Å². The summed E-state index contributed by atoms with van der Waals surface area (Å²) in [5, 5.41) is 12.1. The molecule has 0 spiro atoms. The molecule has 0 radical (unpaired) electrons. The molecule has 1 N–H and O–H groups in total. The van der Waals surface area contributed by atoms with E-state index in [9.17, 15) is 10.1 Å². The number of nitrogens with zero attached hydrogens (tertiary/aromatic N) is 1. The van der Waals surface area contributed by atoms with Gasteiger partial charge in [-0.25, -0.2) is 0 Å². The molecule has 0 heterocycles. The number of anilines is 1. The van der Waals surface area contributed by atoms with E-state index in [1.54, 1.807) is 36.4 Å². The van der Waals surface area contributed by atoms with Gasteiger partial charge < -0.3 is 14.8 Å². The molecule has 2 aromatic rings. The van der Waals surface area contributed by atoms with Crippen molar-refractivity contribution in [3.05, 3.63) is 68.2 Å². The molecule has 5 nitrogen and oxygen atoms in total. The van der Waals surface area contributed by atoms with Crippen LogP contribution in [0.2, 0.25) is 0 Å². The van der Waals surface area contributed by atoms with E-state index in [-0.39, 0.29) is 5.57 Å². The van der Waals surface area contributed by atoms with E-state index >= 15 is 0 Å². The van der Waals surface area contributed by atoms with Crippen LogP contribution in [0.3, 0.4) is 0 Å². The van der Waals surface area contributed by atoms with E-state index in [1.165, 1.54) is 6.08 Å². The smallest absolute Gasteiger partial charge is 0.266 e. The Kier molecular flexibility index (Phi) is 8.54. The second-order valence-electron chi connectivity index (χ2n) is 5.49. The van der Waals surface area contributed by atoms with Gasteiger partial charge in [0.05, 0.1) is 14.6 Å². The van der Waals surface area contributed by atoms with Crippen LogP contribution >= 0.6 is 38.5 Å².